The van der Waals surface area contributed by atoms with Crippen molar-refractivity contribution in [2.24, 2.45) is 0 Å². The van der Waals surface area contributed by atoms with Crippen LogP contribution in [-0.4, -0.2) is 48.8 Å². The number of fused-ring (bicyclic) bond motifs is 1. The van der Waals surface area contributed by atoms with Gasteiger partial charge in [-0.15, -0.1) is 10.2 Å². The molecule has 2 aromatic heterocycles. The molecule has 27 heavy (non-hydrogen) atoms. The van der Waals surface area contributed by atoms with Crippen molar-refractivity contribution in [2.75, 3.05) is 13.1 Å². The Hall–Kier alpha value is -2.80. The van der Waals surface area contributed by atoms with Gasteiger partial charge in [-0.3, -0.25) is 9.78 Å². The molecular weight excluding hydrogens is 342 g/mol. The highest BCUT2D eigenvalue weighted by Gasteiger charge is 2.35. The lowest BCUT2D eigenvalue weighted by Crippen LogP contribution is -2.45. The van der Waals surface area contributed by atoms with E-state index >= 15 is 0 Å². The van der Waals surface area contributed by atoms with E-state index in [9.17, 15) is 9.90 Å². The second-order valence-corrected chi connectivity index (χ2v) is 7.22. The Morgan fingerprint density at radius 2 is 1.89 bits per heavy atom. The molecule has 1 aliphatic rings. The predicted molar refractivity (Wildman–Crippen MR) is 101 cm³/mol. The normalized spacial score (nSPS) is 16.6. The van der Waals surface area contributed by atoms with Crippen LogP contribution in [0.2, 0.25) is 0 Å². The first kappa shape index (κ1) is 17.6. The summed E-state index contributed by atoms with van der Waals surface area (Å²) < 4.78 is 1.79. The number of pyridine rings is 1. The Morgan fingerprint density at radius 1 is 1.15 bits per heavy atom. The number of nitrogens with zero attached hydrogens (tertiary/aromatic N) is 5. The molecule has 7 heteroatoms. The average Bonchev–Trinajstić information content (AvgIpc) is 3.20. The zero-order chi connectivity index (χ0) is 18.9. The fourth-order valence-electron chi connectivity index (χ4n) is 3.65. The largest absolute Gasteiger partial charge is 0.385 e. The fourth-order valence-corrected chi connectivity index (χ4v) is 3.65. The number of aromatic nitrogens is 4. The summed E-state index contributed by atoms with van der Waals surface area (Å²) in [6.45, 7) is 3.66. The van der Waals surface area contributed by atoms with E-state index < -0.39 is 5.60 Å². The van der Waals surface area contributed by atoms with Gasteiger partial charge in [0.1, 0.15) is 12.7 Å². The first-order valence-electron chi connectivity index (χ1n) is 9.24. The Balaban J connectivity index is 1.41. The van der Waals surface area contributed by atoms with E-state index in [1.807, 2.05) is 42.2 Å². The molecule has 0 aliphatic carbocycles. The van der Waals surface area contributed by atoms with E-state index in [4.69, 9.17) is 0 Å². The summed E-state index contributed by atoms with van der Waals surface area (Å²) in [5.74, 6) is 0.101. The second kappa shape index (κ2) is 7.08. The Morgan fingerprint density at radius 3 is 2.63 bits per heavy atom. The number of amides is 1. The third-order valence-corrected chi connectivity index (χ3v) is 5.36. The molecule has 4 rings (SSSR count). The van der Waals surface area contributed by atoms with Gasteiger partial charge in [-0.25, -0.2) is 0 Å². The minimum absolute atomic E-state index is 0.101. The van der Waals surface area contributed by atoms with Crippen molar-refractivity contribution < 1.29 is 9.90 Å². The zero-order valence-corrected chi connectivity index (χ0v) is 15.4. The quantitative estimate of drug-likeness (QED) is 0.765. The first-order valence-corrected chi connectivity index (χ1v) is 9.24. The number of carbonyl (C=O) groups is 1. The van der Waals surface area contributed by atoms with E-state index in [1.165, 1.54) is 0 Å². The molecule has 1 fully saturated rings. The van der Waals surface area contributed by atoms with Crippen molar-refractivity contribution in [2.45, 2.75) is 38.3 Å². The number of piperidine rings is 1. The summed E-state index contributed by atoms with van der Waals surface area (Å²) in [4.78, 5) is 18.8. The monoisotopic (exact) mass is 365 g/mol. The van der Waals surface area contributed by atoms with Crippen LogP contribution >= 0.6 is 0 Å². The zero-order valence-electron chi connectivity index (χ0n) is 15.4. The van der Waals surface area contributed by atoms with Crippen LogP contribution in [0.1, 0.15) is 30.5 Å². The van der Waals surface area contributed by atoms with Crippen LogP contribution in [0.5, 0.6) is 0 Å². The van der Waals surface area contributed by atoms with Gasteiger partial charge in [0, 0.05) is 37.1 Å². The average molecular weight is 365 g/mol. The van der Waals surface area contributed by atoms with Crippen molar-refractivity contribution in [3.63, 3.8) is 0 Å². The molecule has 0 bridgehead atoms. The van der Waals surface area contributed by atoms with Crippen molar-refractivity contribution in [1.29, 1.82) is 0 Å². The molecule has 1 amide bonds. The molecule has 140 valence electrons. The number of hydrogen-bond acceptors (Lipinski definition) is 5. The number of benzene rings is 1. The predicted octanol–water partition coefficient (Wildman–Crippen LogP) is 2.04. The minimum atomic E-state index is -0.899. The van der Waals surface area contributed by atoms with Gasteiger partial charge < -0.3 is 14.6 Å². The van der Waals surface area contributed by atoms with Gasteiger partial charge in [0.15, 0.2) is 0 Å². The molecule has 0 saturated carbocycles. The lowest BCUT2D eigenvalue weighted by Gasteiger charge is -2.38. The molecule has 7 nitrogen and oxygen atoms in total. The van der Waals surface area contributed by atoms with Crippen molar-refractivity contribution >= 4 is 16.8 Å². The summed E-state index contributed by atoms with van der Waals surface area (Å²) in [7, 11) is 0. The lowest BCUT2D eigenvalue weighted by molar-refractivity contribution is -0.136. The Labute approximate surface area is 157 Å². The maximum Gasteiger partial charge on any atom is 0.224 e. The minimum Gasteiger partial charge on any atom is -0.385 e. The van der Waals surface area contributed by atoms with Gasteiger partial charge in [-0.2, -0.15) is 0 Å². The lowest BCUT2D eigenvalue weighted by atomic mass is 9.84. The smallest absolute Gasteiger partial charge is 0.224 e. The molecule has 3 heterocycles. The van der Waals surface area contributed by atoms with E-state index in [0.717, 1.165) is 22.2 Å². The summed E-state index contributed by atoms with van der Waals surface area (Å²) in [5, 5.41) is 19.7. The summed E-state index contributed by atoms with van der Waals surface area (Å²) in [6.07, 6.45) is 4.71. The van der Waals surface area contributed by atoms with Crippen molar-refractivity contribution in [1.82, 2.24) is 24.6 Å². The maximum absolute atomic E-state index is 12.4. The van der Waals surface area contributed by atoms with Crippen molar-refractivity contribution in [3.05, 3.63) is 54.2 Å². The molecule has 1 N–H and O–H groups in total. The van der Waals surface area contributed by atoms with E-state index in [0.29, 0.717) is 38.9 Å². The maximum atomic E-state index is 12.4. The Bertz CT molecular complexity index is 946. The van der Waals surface area contributed by atoms with E-state index in [-0.39, 0.29) is 5.91 Å². The van der Waals surface area contributed by atoms with Gasteiger partial charge in [0.2, 0.25) is 5.91 Å². The van der Waals surface area contributed by atoms with E-state index in [1.54, 1.807) is 17.2 Å². The van der Waals surface area contributed by atoms with Crippen LogP contribution in [0.25, 0.3) is 10.9 Å². The van der Waals surface area contributed by atoms with Gasteiger partial charge in [-0.05, 0) is 43.5 Å². The third-order valence-electron chi connectivity index (χ3n) is 5.36. The van der Waals surface area contributed by atoms with E-state index in [2.05, 4.69) is 15.2 Å². The molecule has 0 atom stereocenters. The van der Waals surface area contributed by atoms with Crippen molar-refractivity contribution in [3.8, 4) is 0 Å². The van der Waals surface area contributed by atoms with Gasteiger partial charge in [0.25, 0.3) is 0 Å². The van der Waals surface area contributed by atoms with Gasteiger partial charge in [-0.1, -0.05) is 12.1 Å². The van der Waals surface area contributed by atoms with Crippen LogP contribution in [0.4, 0.5) is 0 Å². The number of aryl methyl sites for hydroxylation is 2. The van der Waals surface area contributed by atoms with Crippen LogP contribution in [0.15, 0.2) is 43.0 Å². The molecular formula is C20H23N5O2. The topological polar surface area (TPSA) is 84.1 Å². The number of aliphatic hydroxyl groups is 1. The highest BCUT2D eigenvalue weighted by Crippen LogP contribution is 2.34. The fraction of sp³-hybridized carbons (Fsp3) is 0.400. The Kier molecular flexibility index (Phi) is 4.61. The second-order valence-electron chi connectivity index (χ2n) is 7.22. The highest BCUT2D eigenvalue weighted by atomic mass is 16.3. The highest BCUT2D eigenvalue weighted by molar-refractivity contribution is 5.80. The number of carbonyl (C=O) groups excluding carboxylic acids is 1. The SMILES string of the molecule is Cc1ccc2cc(C3(O)CCN(C(=O)CCn4cnnc4)CC3)ccc2n1. The summed E-state index contributed by atoms with van der Waals surface area (Å²) in [6, 6.07) is 9.96. The number of likely N-dealkylation sites (tertiary alicyclic amines) is 1. The molecule has 1 aliphatic heterocycles. The van der Waals surface area contributed by atoms with Crippen LogP contribution in [0.3, 0.4) is 0 Å². The van der Waals surface area contributed by atoms with Gasteiger partial charge >= 0.3 is 0 Å². The molecule has 1 saturated heterocycles. The number of hydrogen-bond donors (Lipinski definition) is 1. The molecule has 0 spiro atoms. The molecule has 0 radical (unpaired) electrons. The molecule has 1 aromatic carbocycles. The number of rotatable bonds is 4. The van der Waals surface area contributed by atoms with Gasteiger partial charge in [0.05, 0.1) is 11.1 Å². The van der Waals surface area contributed by atoms with Crippen LogP contribution in [-0.2, 0) is 16.9 Å². The van der Waals surface area contributed by atoms with Crippen LogP contribution < -0.4 is 0 Å². The summed E-state index contributed by atoms with van der Waals surface area (Å²) in [5.41, 5.74) is 1.91. The first-order chi connectivity index (χ1) is 13.0. The van der Waals surface area contributed by atoms with Crippen LogP contribution in [0, 0.1) is 6.92 Å². The third kappa shape index (κ3) is 3.68. The molecule has 3 aromatic rings. The molecule has 0 unspecified atom stereocenters. The summed E-state index contributed by atoms with van der Waals surface area (Å²) >= 11 is 0. The standard InChI is InChI=1S/C20H23N5O2/c1-15-2-3-16-12-17(4-5-18(16)23-15)20(27)7-10-25(11-8-20)19(26)6-9-24-13-21-22-14-24/h2-5,12-14,27H,6-11H2,1H3.